The maximum absolute atomic E-state index is 13.0. The number of benzene rings is 1. The number of pyridine rings is 1. The number of carbonyl (C=O) groups is 3. The average Bonchev–Trinajstić information content (AvgIpc) is 3.20. The highest BCUT2D eigenvalue weighted by molar-refractivity contribution is 6.00. The van der Waals surface area contributed by atoms with Crippen LogP contribution in [0.15, 0.2) is 54.9 Å². The number of nitrogens with zero attached hydrogens (tertiary/aromatic N) is 3. The van der Waals surface area contributed by atoms with Gasteiger partial charge in [0.25, 0.3) is 0 Å². The summed E-state index contributed by atoms with van der Waals surface area (Å²) in [4.78, 5) is 45.3. The zero-order valence-electron chi connectivity index (χ0n) is 16.9. The number of aromatic nitrogens is 1. The molecular formula is C23H26N4O3. The molecular weight excluding hydrogens is 380 g/mol. The standard InChI is InChI=1S/C23H26N4O3/c28-21-14-19(16-27(21)20-4-2-1-3-5-20)23(30)26-12-8-18(9-13-26)22(29)25-15-17-6-10-24-11-7-17/h1-7,10-11,18-19H,8-9,12-16H2,(H,25,29)/t19-/m0/s1. The first-order valence-electron chi connectivity index (χ1n) is 10.4. The number of nitrogens with one attached hydrogen (secondary N) is 1. The molecule has 2 fully saturated rings. The average molecular weight is 406 g/mol. The van der Waals surface area contributed by atoms with Crippen LogP contribution in [0.4, 0.5) is 5.69 Å². The zero-order chi connectivity index (χ0) is 20.9. The maximum atomic E-state index is 13.0. The van der Waals surface area contributed by atoms with E-state index in [4.69, 9.17) is 0 Å². The van der Waals surface area contributed by atoms with Crippen LogP contribution in [-0.4, -0.2) is 47.2 Å². The van der Waals surface area contributed by atoms with Gasteiger partial charge in [0.15, 0.2) is 0 Å². The first-order valence-corrected chi connectivity index (χ1v) is 10.4. The molecule has 3 amide bonds. The van der Waals surface area contributed by atoms with Crippen LogP contribution in [0.5, 0.6) is 0 Å². The predicted molar refractivity (Wildman–Crippen MR) is 112 cm³/mol. The number of hydrogen-bond donors (Lipinski definition) is 1. The second-order valence-electron chi connectivity index (χ2n) is 7.91. The summed E-state index contributed by atoms with van der Waals surface area (Å²) in [6.07, 6.45) is 4.96. The largest absolute Gasteiger partial charge is 0.352 e. The highest BCUT2D eigenvalue weighted by Crippen LogP contribution is 2.27. The molecule has 1 aromatic heterocycles. The fourth-order valence-electron chi connectivity index (χ4n) is 4.18. The number of piperidine rings is 1. The molecule has 0 radical (unpaired) electrons. The van der Waals surface area contributed by atoms with Gasteiger partial charge in [-0.2, -0.15) is 0 Å². The van der Waals surface area contributed by atoms with Gasteiger partial charge < -0.3 is 15.1 Å². The van der Waals surface area contributed by atoms with Crippen LogP contribution in [0, 0.1) is 11.8 Å². The van der Waals surface area contributed by atoms with E-state index >= 15 is 0 Å². The van der Waals surface area contributed by atoms with E-state index in [2.05, 4.69) is 10.3 Å². The molecule has 1 N–H and O–H groups in total. The van der Waals surface area contributed by atoms with Crippen molar-refractivity contribution in [2.24, 2.45) is 11.8 Å². The highest BCUT2D eigenvalue weighted by Gasteiger charge is 2.38. The predicted octanol–water partition coefficient (Wildman–Crippen LogP) is 1.99. The van der Waals surface area contributed by atoms with E-state index in [0.29, 0.717) is 39.0 Å². The van der Waals surface area contributed by atoms with Crippen molar-refractivity contribution >= 4 is 23.4 Å². The summed E-state index contributed by atoms with van der Waals surface area (Å²) in [6.45, 7) is 2.03. The van der Waals surface area contributed by atoms with E-state index in [1.807, 2.05) is 47.4 Å². The summed E-state index contributed by atoms with van der Waals surface area (Å²) >= 11 is 0. The van der Waals surface area contributed by atoms with Crippen molar-refractivity contribution in [3.63, 3.8) is 0 Å². The Morgan fingerprint density at radius 1 is 1.00 bits per heavy atom. The lowest BCUT2D eigenvalue weighted by molar-refractivity contribution is -0.139. The molecule has 0 bridgehead atoms. The Morgan fingerprint density at radius 2 is 1.70 bits per heavy atom. The van der Waals surface area contributed by atoms with E-state index in [-0.39, 0.29) is 36.0 Å². The molecule has 1 atom stereocenters. The van der Waals surface area contributed by atoms with Crippen LogP contribution < -0.4 is 10.2 Å². The van der Waals surface area contributed by atoms with Crippen molar-refractivity contribution in [1.82, 2.24) is 15.2 Å². The molecule has 2 saturated heterocycles. The molecule has 2 aliphatic heterocycles. The molecule has 4 rings (SSSR count). The smallest absolute Gasteiger partial charge is 0.228 e. The number of para-hydroxylation sites is 1. The Kier molecular flexibility index (Phi) is 6.07. The van der Waals surface area contributed by atoms with Gasteiger partial charge in [-0.05, 0) is 42.7 Å². The van der Waals surface area contributed by atoms with Gasteiger partial charge in [0, 0.05) is 56.6 Å². The van der Waals surface area contributed by atoms with Gasteiger partial charge in [-0.1, -0.05) is 18.2 Å². The van der Waals surface area contributed by atoms with Crippen LogP contribution in [-0.2, 0) is 20.9 Å². The Morgan fingerprint density at radius 3 is 2.40 bits per heavy atom. The quantitative estimate of drug-likeness (QED) is 0.823. The number of anilines is 1. The minimum absolute atomic E-state index is 0.00933. The summed E-state index contributed by atoms with van der Waals surface area (Å²) in [5.74, 6) is -0.343. The van der Waals surface area contributed by atoms with Gasteiger partial charge in [0.05, 0.1) is 5.92 Å². The SMILES string of the molecule is O=C(NCc1ccncc1)C1CCN(C(=O)[C@H]2CC(=O)N(c3ccccc3)C2)CC1. The van der Waals surface area contributed by atoms with Crippen molar-refractivity contribution < 1.29 is 14.4 Å². The Labute approximate surface area is 176 Å². The molecule has 0 aliphatic carbocycles. The zero-order valence-corrected chi connectivity index (χ0v) is 16.9. The fourth-order valence-corrected chi connectivity index (χ4v) is 4.18. The summed E-state index contributed by atoms with van der Waals surface area (Å²) in [7, 11) is 0. The summed E-state index contributed by atoms with van der Waals surface area (Å²) < 4.78 is 0. The van der Waals surface area contributed by atoms with Gasteiger partial charge in [0.2, 0.25) is 17.7 Å². The van der Waals surface area contributed by atoms with Crippen molar-refractivity contribution in [3.05, 3.63) is 60.4 Å². The Bertz CT molecular complexity index is 895. The lowest BCUT2D eigenvalue weighted by Gasteiger charge is -2.33. The normalized spacial score (nSPS) is 19.7. The number of rotatable bonds is 5. The summed E-state index contributed by atoms with van der Waals surface area (Å²) in [6, 6.07) is 13.2. The van der Waals surface area contributed by atoms with Crippen LogP contribution >= 0.6 is 0 Å². The number of carbonyl (C=O) groups excluding carboxylic acids is 3. The first kappa shape index (κ1) is 20.1. The van der Waals surface area contributed by atoms with Crippen LogP contribution in [0.1, 0.15) is 24.8 Å². The van der Waals surface area contributed by atoms with Crippen LogP contribution in [0.3, 0.4) is 0 Å². The van der Waals surface area contributed by atoms with Gasteiger partial charge in [-0.3, -0.25) is 19.4 Å². The van der Waals surface area contributed by atoms with Gasteiger partial charge in [-0.25, -0.2) is 0 Å². The Balaban J connectivity index is 1.26. The lowest BCUT2D eigenvalue weighted by Crippen LogP contribution is -2.45. The minimum Gasteiger partial charge on any atom is -0.352 e. The Hall–Kier alpha value is -3.22. The molecule has 7 heteroatoms. The lowest BCUT2D eigenvalue weighted by atomic mass is 9.94. The first-order chi connectivity index (χ1) is 14.6. The third-order valence-corrected chi connectivity index (χ3v) is 5.94. The summed E-state index contributed by atoms with van der Waals surface area (Å²) in [5.41, 5.74) is 1.85. The molecule has 0 saturated carbocycles. The molecule has 2 aromatic rings. The van der Waals surface area contributed by atoms with E-state index in [1.165, 1.54) is 0 Å². The second kappa shape index (κ2) is 9.07. The minimum atomic E-state index is -0.310. The highest BCUT2D eigenvalue weighted by atomic mass is 16.2. The van der Waals surface area contributed by atoms with Crippen molar-refractivity contribution in [2.75, 3.05) is 24.5 Å². The summed E-state index contributed by atoms with van der Waals surface area (Å²) in [5, 5.41) is 2.98. The molecule has 3 heterocycles. The van der Waals surface area contributed by atoms with Gasteiger partial charge >= 0.3 is 0 Å². The van der Waals surface area contributed by atoms with Crippen molar-refractivity contribution in [2.45, 2.75) is 25.8 Å². The number of likely N-dealkylation sites (tertiary alicyclic amines) is 1. The molecule has 7 nitrogen and oxygen atoms in total. The molecule has 156 valence electrons. The number of hydrogen-bond acceptors (Lipinski definition) is 4. The van der Waals surface area contributed by atoms with Crippen LogP contribution in [0.25, 0.3) is 0 Å². The van der Waals surface area contributed by atoms with E-state index in [0.717, 1.165) is 11.3 Å². The van der Waals surface area contributed by atoms with E-state index < -0.39 is 0 Å². The molecule has 0 spiro atoms. The molecule has 1 aromatic carbocycles. The molecule has 0 unspecified atom stereocenters. The molecule has 30 heavy (non-hydrogen) atoms. The number of amides is 3. The van der Waals surface area contributed by atoms with Crippen molar-refractivity contribution in [1.29, 1.82) is 0 Å². The van der Waals surface area contributed by atoms with Crippen LogP contribution in [0.2, 0.25) is 0 Å². The fraction of sp³-hybridized carbons (Fsp3) is 0.391. The van der Waals surface area contributed by atoms with Crippen molar-refractivity contribution in [3.8, 4) is 0 Å². The second-order valence-corrected chi connectivity index (χ2v) is 7.91. The van der Waals surface area contributed by atoms with E-state index in [1.54, 1.807) is 17.3 Å². The maximum Gasteiger partial charge on any atom is 0.228 e. The third kappa shape index (κ3) is 4.50. The van der Waals surface area contributed by atoms with E-state index in [9.17, 15) is 14.4 Å². The monoisotopic (exact) mass is 406 g/mol. The van der Waals surface area contributed by atoms with Gasteiger partial charge in [-0.15, -0.1) is 0 Å². The third-order valence-electron chi connectivity index (χ3n) is 5.94. The topological polar surface area (TPSA) is 82.6 Å². The molecule has 2 aliphatic rings. The van der Waals surface area contributed by atoms with Gasteiger partial charge in [0.1, 0.15) is 0 Å².